The molecule has 2 rings (SSSR count). The van der Waals surface area contributed by atoms with E-state index in [-0.39, 0.29) is 36.1 Å². The number of benzene rings is 2. The number of nitrogens with zero attached hydrogens (tertiary/aromatic N) is 1. The van der Waals surface area contributed by atoms with Crippen LogP contribution in [0.4, 0.5) is 0 Å². The standard InChI is InChI=1S/C14H14O3.C5H11NO2.Na/c1-9(14(15)16)10-3-4-12-8-13(17-2)6-5-11(12)7-10;1-6(2,3)4-5(7)8;/h3-9H,1-2H3,(H,15,16);4H2,1-3H3;/q;;+1/p-1. The zero-order valence-corrected chi connectivity index (χ0v) is 18.2. The Kier molecular flexibility index (Phi) is 9.88. The molecule has 0 saturated carbocycles. The van der Waals surface area contributed by atoms with E-state index in [1.54, 1.807) is 35.2 Å². The molecule has 0 radical (unpaired) electrons. The van der Waals surface area contributed by atoms with Gasteiger partial charge in [-0.25, -0.2) is 0 Å². The first kappa shape index (κ1) is 24.4. The number of hydrogen-bond donors (Lipinski definition) is 0. The predicted molar refractivity (Wildman–Crippen MR) is 91.8 cm³/mol. The van der Waals surface area contributed by atoms with Gasteiger partial charge in [-0.05, 0) is 28.5 Å². The summed E-state index contributed by atoms with van der Waals surface area (Å²) in [5.74, 6) is -1.87. The van der Waals surface area contributed by atoms with Crippen molar-refractivity contribution >= 4 is 22.7 Å². The normalized spacial score (nSPS) is 11.6. The van der Waals surface area contributed by atoms with Gasteiger partial charge in [0, 0.05) is 11.9 Å². The number of quaternary nitrogens is 1. The first-order chi connectivity index (χ1) is 11.5. The summed E-state index contributed by atoms with van der Waals surface area (Å²) in [6.07, 6.45) is 0. The van der Waals surface area contributed by atoms with E-state index in [1.165, 1.54) is 0 Å². The number of carbonyl (C=O) groups excluding carboxylic acids is 2. The van der Waals surface area contributed by atoms with E-state index in [9.17, 15) is 19.8 Å². The summed E-state index contributed by atoms with van der Waals surface area (Å²) in [6, 6.07) is 11.3. The maximum Gasteiger partial charge on any atom is 1.00 e. The fourth-order valence-electron chi connectivity index (χ4n) is 2.16. The molecule has 0 fully saturated rings. The Morgan fingerprint density at radius 3 is 2.00 bits per heavy atom. The molecule has 0 aromatic heterocycles. The second-order valence-electron chi connectivity index (χ2n) is 6.83. The van der Waals surface area contributed by atoms with Crippen molar-refractivity contribution in [3.05, 3.63) is 42.0 Å². The minimum Gasteiger partial charge on any atom is -0.550 e. The number of carboxylic acids is 2. The smallest absolute Gasteiger partial charge is 0.550 e. The number of hydrogen-bond acceptors (Lipinski definition) is 5. The van der Waals surface area contributed by atoms with E-state index < -0.39 is 17.9 Å². The van der Waals surface area contributed by atoms with Gasteiger partial charge in [0.2, 0.25) is 0 Å². The minimum atomic E-state index is -1.06. The summed E-state index contributed by atoms with van der Waals surface area (Å²) >= 11 is 0. The van der Waals surface area contributed by atoms with Gasteiger partial charge in [0.15, 0.2) is 0 Å². The Balaban J connectivity index is 0.000000597. The SMILES string of the molecule is COc1ccc2cc(C(C)C(=O)[O-])ccc2c1.C[N+](C)(C)CC(=O)[O-].[Na+]. The molecular weight excluding hydrogens is 345 g/mol. The maximum absolute atomic E-state index is 10.8. The maximum atomic E-state index is 10.8. The summed E-state index contributed by atoms with van der Waals surface area (Å²) in [5.41, 5.74) is 0.752. The number of aliphatic carboxylic acids is 2. The van der Waals surface area contributed by atoms with E-state index in [0.29, 0.717) is 4.48 Å². The van der Waals surface area contributed by atoms with Gasteiger partial charge in [-0.15, -0.1) is 0 Å². The summed E-state index contributed by atoms with van der Waals surface area (Å²) in [5, 5.41) is 22.7. The Bertz CT molecular complexity index is 755. The third-order valence-corrected chi connectivity index (χ3v) is 3.53. The van der Waals surface area contributed by atoms with Crippen molar-refractivity contribution in [2.45, 2.75) is 12.8 Å². The molecule has 136 valence electrons. The predicted octanol–water partition coefficient (Wildman–Crippen LogP) is -2.85. The van der Waals surface area contributed by atoms with Crippen LogP contribution >= 0.6 is 0 Å². The number of ether oxygens (including phenoxy) is 1. The van der Waals surface area contributed by atoms with Crippen molar-refractivity contribution < 1.29 is 58.6 Å². The number of likely N-dealkylation sites (N-methyl/N-ethyl adjacent to an activating group) is 1. The number of fused-ring (bicyclic) bond motifs is 1. The molecule has 0 saturated heterocycles. The van der Waals surface area contributed by atoms with Crippen LogP contribution in [0.1, 0.15) is 18.4 Å². The van der Waals surface area contributed by atoms with Gasteiger partial charge in [-0.2, -0.15) is 0 Å². The number of methoxy groups -OCH3 is 1. The Morgan fingerprint density at radius 1 is 1.04 bits per heavy atom. The summed E-state index contributed by atoms with van der Waals surface area (Å²) in [4.78, 5) is 20.7. The molecule has 0 spiro atoms. The largest absolute Gasteiger partial charge is 1.00 e. The zero-order valence-electron chi connectivity index (χ0n) is 16.2. The quantitative estimate of drug-likeness (QED) is 0.418. The molecule has 6 nitrogen and oxygen atoms in total. The monoisotopic (exact) mass is 369 g/mol. The average Bonchev–Trinajstić information content (AvgIpc) is 2.51. The molecule has 2 aromatic carbocycles. The van der Waals surface area contributed by atoms with Crippen LogP contribution in [-0.4, -0.2) is 51.2 Å². The van der Waals surface area contributed by atoms with Crippen LogP contribution in [0.2, 0.25) is 0 Å². The van der Waals surface area contributed by atoms with E-state index in [4.69, 9.17) is 4.74 Å². The Labute approximate surface area is 176 Å². The van der Waals surface area contributed by atoms with Gasteiger partial charge in [-0.3, -0.25) is 0 Å². The van der Waals surface area contributed by atoms with Crippen molar-refractivity contribution in [2.75, 3.05) is 34.8 Å². The van der Waals surface area contributed by atoms with Gasteiger partial charge in [0.1, 0.15) is 12.3 Å². The molecular formula is C19H24NNaO5. The van der Waals surface area contributed by atoms with Gasteiger partial charge in [0.25, 0.3) is 0 Å². The van der Waals surface area contributed by atoms with E-state index in [2.05, 4.69) is 0 Å². The molecule has 26 heavy (non-hydrogen) atoms. The molecule has 1 unspecified atom stereocenters. The van der Waals surface area contributed by atoms with Gasteiger partial charge < -0.3 is 29.0 Å². The van der Waals surface area contributed by atoms with E-state index in [1.807, 2.05) is 36.4 Å². The van der Waals surface area contributed by atoms with Crippen LogP contribution in [0.5, 0.6) is 5.75 Å². The molecule has 2 aromatic rings. The molecule has 0 amide bonds. The molecule has 0 N–H and O–H groups in total. The molecule has 0 aliphatic rings. The summed E-state index contributed by atoms with van der Waals surface area (Å²) in [6.45, 7) is 1.69. The van der Waals surface area contributed by atoms with Crippen LogP contribution in [0.25, 0.3) is 10.8 Å². The number of rotatable bonds is 5. The summed E-state index contributed by atoms with van der Waals surface area (Å²) < 4.78 is 5.55. The molecule has 1 atom stereocenters. The Hall–Kier alpha value is -1.60. The van der Waals surface area contributed by atoms with Gasteiger partial charge in [0.05, 0.1) is 34.2 Å². The van der Waals surface area contributed by atoms with Crippen LogP contribution in [0, 0.1) is 0 Å². The van der Waals surface area contributed by atoms with Gasteiger partial charge >= 0.3 is 29.6 Å². The van der Waals surface area contributed by atoms with Crippen molar-refractivity contribution in [3.8, 4) is 5.75 Å². The van der Waals surface area contributed by atoms with Crippen molar-refractivity contribution in [1.29, 1.82) is 0 Å². The van der Waals surface area contributed by atoms with E-state index >= 15 is 0 Å². The molecule has 0 aliphatic carbocycles. The molecule has 0 bridgehead atoms. The van der Waals surface area contributed by atoms with Crippen LogP contribution in [-0.2, 0) is 9.59 Å². The number of carboxylic acid groups (broad SMARTS) is 2. The van der Waals surface area contributed by atoms with Crippen LogP contribution in [0.15, 0.2) is 36.4 Å². The third kappa shape index (κ3) is 8.19. The first-order valence-corrected chi connectivity index (χ1v) is 7.82. The summed E-state index contributed by atoms with van der Waals surface area (Å²) in [7, 11) is 7.02. The van der Waals surface area contributed by atoms with Crippen molar-refractivity contribution in [1.82, 2.24) is 0 Å². The minimum absolute atomic E-state index is 0. The fourth-order valence-corrected chi connectivity index (χ4v) is 2.16. The van der Waals surface area contributed by atoms with Crippen molar-refractivity contribution in [2.24, 2.45) is 0 Å². The molecule has 0 aliphatic heterocycles. The van der Waals surface area contributed by atoms with Crippen LogP contribution in [0.3, 0.4) is 0 Å². The fraction of sp³-hybridized carbons (Fsp3) is 0.368. The first-order valence-electron chi connectivity index (χ1n) is 7.82. The van der Waals surface area contributed by atoms with E-state index in [0.717, 1.165) is 22.1 Å². The molecule has 0 heterocycles. The molecule has 7 heteroatoms. The Morgan fingerprint density at radius 2 is 1.58 bits per heavy atom. The second-order valence-corrected chi connectivity index (χ2v) is 6.83. The van der Waals surface area contributed by atoms with Crippen molar-refractivity contribution in [3.63, 3.8) is 0 Å². The van der Waals surface area contributed by atoms with Crippen LogP contribution < -0.4 is 44.5 Å². The third-order valence-electron chi connectivity index (χ3n) is 3.53. The number of carbonyl (C=O) groups is 2. The zero-order chi connectivity index (χ0) is 19.2. The average molecular weight is 369 g/mol. The van der Waals surface area contributed by atoms with Gasteiger partial charge in [-0.1, -0.05) is 31.2 Å². The second kappa shape index (κ2) is 10.5. The topological polar surface area (TPSA) is 89.5 Å².